The number of aliphatic hydroxyl groups is 1. The van der Waals surface area contributed by atoms with Gasteiger partial charge in [-0.05, 0) is 12.5 Å². The first kappa shape index (κ1) is 22.7. The third-order valence-electron chi connectivity index (χ3n) is 3.23. The van der Waals surface area contributed by atoms with E-state index in [4.69, 9.17) is 24.9 Å². The van der Waals surface area contributed by atoms with E-state index >= 15 is 0 Å². The van der Waals surface area contributed by atoms with Crippen molar-refractivity contribution in [1.29, 1.82) is 0 Å². The molecule has 0 saturated carbocycles. The molecule has 6 atom stereocenters. The fraction of sp³-hybridized carbons (Fsp3) is 1.00. The number of rotatable bonds is 8. The average Bonchev–Trinajstić information content (AvgIpc) is 2.57. The maximum Gasteiger partial charge on any atom is 0.490 e. The average molecular weight is 425 g/mol. The van der Waals surface area contributed by atoms with Gasteiger partial charge in [0, 0.05) is 10.9 Å². The molecule has 25 heavy (non-hydrogen) atoms. The summed E-state index contributed by atoms with van der Waals surface area (Å²) in [7, 11) is -15.0. The van der Waals surface area contributed by atoms with Crippen LogP contribution in [0.1, 0.15) is 6.92 Å². The predicted octanol–water partition coefficient (Wildman–Crippen LogP) is -0.882. The summed E-state index contributed by atoms with van der Waals surface area (Å²) in [5.74, 6) is 0. The van der Waals surface area contributed by atoms with Crippen molar-refractivity contribution in [1.82, 2.24) is 0 Å². The molecule has 0 aliphatic carbocycles. The molecule has 1 saturated heterocycles. The lowest BCUT2D eigenvalue weighted by molar-refractivity contribution is -0.00543. The van der Waals surface area contributed by atoms with Gasteiger partial charge in [-0.25, -0.2) is 13.7 Å². The Hall–Kier alpha value is -0.295. The Kier molecular flexibility index (Phi) is 7.05. The minimum Gasteiger partial charge on any atom is -0.390 e. The van der Waals surface area contributed by atoms with Crippen molar-refractivity contribution in [3.63, 3.8) is 0 Å². The van der Waals surface area contributed by atoms with Crippen LogP contribution in [0, 0.1) is 0 Å². The van der Waals surface area contributed by atoms with Crippen molar-refractivity contribution in [2.24, 2.45) is 5.11 Å². The fourth-order valence-electron chi connectivity index (χ4n) is 1.93. The number of phosphoric acid groups is 3. The van der Waals surface area contributed by atoms with E-state index in [1.807, 2.05) is 0 Å². The van der Waals surface area contributed by atoms with Crippen molar-refractivity contribution >= 4 is 31.3 Å². The van der Waals surface area contributed by atoms with E-state index in [9.17, 15) is 23.7 Å². The summed E-state index contributed by atoms with van der Waals surface area (Å²) in [5, 5.41) is 13.5. The van der Waals surface area contributed by atoms with Gasteiger partial charge < -0.3 is 29.4 Å². The standard InChI is InChI=1S/C6H15BN3O12P3/c1-6(9-10-8)4(11)3(20-5(6)7)2-19-24(15,16)22-25(17,18)21-23(12,13)14/h3-5,11H,2,7H2,1H3,(H,15,16)(H,17,18)(H2,12,13,14)/t3-,4-,5-,6-/m1/s1. The number of ether oxygens (including phenoxy) is 1. The van der Waals surface area contributed by atoms with Crippen LogP contribution >= 0.6 is 23.5 Å². The Morgan fingerprint density at radius 1 is 1.24 bits per heavy atom. The topological polar surface area (TPSA) is 238 Å². The Morgan fingerprint density at radius 2 is 1.80 bits per heavy atom. The molecule has 15 nitrogen and oxygen atoms in total. The van der Waals surface area contributed by atoms with Gasteiger partial charge in [0.2, 0.25) is 0 Å². The molecular formula is C6H15BN3O12P3. The lowest BCUT2D eigenvalue weighted by Crippen LogP contribution is -2.44. The van der Waals surface area contributed by atoms with Crippen molar-refractivity contribution < 1.29 is 56.3 Å². The van der Waals surface area contributed by atoms with Crippen LogP contribution in [0.15, 0.2) is 5.11 Å². The van der Waals surface area contributed by atoms with Crippen molar-refractivity contribution in [3.05, 3.63) is 10.4 Å². The van der Waals surface area contributed by atoms with Crippen LogP contribution in [0.3, 0.4) is 0 Å². The zero-order valence-electron chi connectivity index (χ0n) is 12.7. The highest BCUT2D eigenvalue weighted by molar-refractivity contribution is 7.66. The molecule has 0 bridgehead atoms. The second kappa shape index (κ2) is 7.75. The van der Waals surface area contributed by atoms with Crippen molar-refractivity contribution in [2.45, 2.75) is 30.7 Å². The van der Waals surface area contributed by atoms with Crippen LogP contribution in [-0.4, -0.2) is 62.9 Å². The van der Waals surface area contributed by atoms with E-state index in [0.29, 0.717) is 0 Å². The Balaban J connectivity index is 2.74. The zero-order chi connectivity index (χ0) is 19.7. The van der Waals surface area contributed by atoms with Gasteiger partial charge in [-0.15, -0.1) is 0 Å². The van der Waals surface area contributed by atoms with E-state index in [-0.39, 0.29) is 0 Å². The molecule has 0 radical (unpaired) electrons. The first-order valence-corrected chi connectivity index (χ1v) is 10.8. The van der Waals surface area contributed by atoms with Crippen LogP contribution in [-0.2, 0) is 31.6 Å². The van der Waals surface area contributed by atoms with Gasteiger partial charge in [0.05, 0.1) is 18.2 Å². The number of phosphoric ester groups is 1. The Labute approximate surface area is 141 Å². The lowest BCUT2D eigenvalue weighted by atomic mass is 9.79. The van der Waals surface area contributed by atoms with E-state index in [2.05, 4.69) is 23.2 Å². The molecule has 1 aliphatic heterocycles. The molecule has 0 spiro atoms. The first-order chi connectivity index (χ1) is 11.1. The summed E-state index contributed by atoms with van der Waals surface area (Å²) in [6.45, 7) is 0.526. The summed E-state index contributed by atoms with van der Waals surface area (Å²) < 4.78 is 49.9. The highest BCUT2D eigenvalue weighted by atomic mass is 31.3. The molecule has 0 aromatic heterocycles. The molecule has 1 aliphatic rings. The monoisotopic (exact) mass is 425 g/mol. The van der Waals surface area contributed by atoms with E-state index < -0.39 is 53.8 Å². The SMILES string of the molecule is B[C@@H]1O[C@H](COP(=O)(O)OP(=O)(O)OP(=O)(O)O)[C@@H](O)[C@@]1(C)N=[N+]=[N-]. The van der Waals surface area contributed by atoms with Gasteiger partial charge in [-0.1, -0.05) is 5.11 Å². The minimum atomic E-state index is -5.63. The van der Waals surface area contributed by atoms with Gasteiger partial charge in [-0.3, -0.25) is 4.52 Å². The predicted molar refractivity (Wildman–Crippen MR) is 80.6 cm³/mol. The zero-order valence-corrected chi connectivity index (χ0v) is 15.4. The molecular weight excluding hydrogens is 410 g/mol. The third kappa shape index (κ3) is 6.42. The largest absolute Gasteiger partial charge is 0.490 e. The molecule has 0 amide bonds. The quantitative estimate of drug-likeness (QED) is 0.105. The number of hydrogen-bond acceptors (Lipinski definition) is 9. The second-order valence-electron chi connectivity index (χ2n) is 5.06. The van der Waals surface area contributed by atoms with Crippen molar-refractivity contribution in [3.8, 4) is 0 Å². The summed E-state index contributed by atoms with van der Waals surface area (Å²) in [6, 6.07) is -0.798. The summed E-state index contributed by atoms with van der Waals surface area (Å²) in [5.41, 5.74) is 7.11. The Morgan fingerprint density at radius 3 is 2.28 bits per heavy atom. The number of hydrogen-bond donors (Lipinski definition) is 5. The Bertz CT molecular complexity index is 694. The molecule has 0 aromatic carbocycles. The molecule has 19 heteroatoms. The highest BCUT2D eigenvalue weighted by Gasteiger charge is 2.51. The normalized spacial score (nSPS) is 34.7. The molecule has 5 N–H and O–H groups in total. The van der Waals surface area contributed by atoms with Gasteiger partial charge in [0.1, 0.15) is 14.0 Å². The number of aliphatic hydroxyl groups excluding tert-OH is 1. The highest BCUT2D eigenvalue weighted by Crippen LogP contribution is 2.66. The van der Waals surface area contributed by atoms with Gasteiger partial charge in [-0.2, -0.15) is 8.62 Å². The number of nitrogens with zero attached hydrogens (tertiary/aromatic N) is 3. The van der Waals surface area contributed by atoms with Crippen LogP contribution in [0.2, 0.25) is 0 Å². The summed E-state index contributed by atoms with van der Waals surface area (Å²) >= 11 is 0. The summed E-state index contributed by atoms with van der Waals surface area (Å²) in [6.07, 6.45) is -2.72. The van der Waals surface area contributed by atoms with Crippen LogP contribution in [0.4, 0.5) is 0 Å². The second-order valence-corrected chi connectivity index (χ2v) is 9.48. The van der Waals surface area contributed by atoms with Gasteiger partial charge in [0.25, 0.3) is 0 Å². The van der Waals surface area contributed by atoms with Gasteiger partial charge >= 0.3 is 23.5 Å². The van der Waals surface area contributed by atoms with Crippen LogP contribution in [0.5, 0.6) is 0 Å². The van der Waals surface area contributed by atoms with Crippen molar-refractivity contribution in [2.75, 3.05) is 6.61 Å². The fourth-order valence-corrected chi connectivity index (χ4v) is 4.96. The molecule has 144 valence electrons. The minimum absolute atomic E-state index is 0.798. The van der Waals surface area contributed by atoms with Crippen LogP contribution in [0.25, 0.3) is 10.4 Å². The smallest absolute Gasteiger partial charge is 0.390 e. The summed E-state index contributed by atoms with van der Waals surface area (Å²) in [4.78, 5) is 37.7. The third-order valence-corrected chi connectivity index (χ3v) is 7.03. The maximum absolute atomic E-state index is 11.6. The first-order valence-electron chi connectivity index (χ1n) is 6.30. The molecule has 1 rings (SSSR count). The lowest BCUT2D eigenvalue weighted by Gasteiger charge is -2.25. The maximum atomic E-state index is 11.6. The van der Waals surface area contributed by atoms with E-state index in [1.54, 1.807) is 0 Å². The number of azide groups is 1. The van der Waals surface area contributed by atoms with E-state index in [1.165, 1.54) is 14.8 Å². The molecule has 1 fully saturated rings. The molecule has 1 heterocycles. The van der Waals surface area contributed by atoms with Gasteiger partial charge in [0.15, 0.2) is 0 Å². The van der Waals surface area contributed by atoms with Crippen LogP contribution < -0.4 is 0 Å². The van der Waals surface area contributed by atoms with E-state index in [0.717, 1.165) is 0 Å². The molecule has 0 aromatic rings. The molecule has 2 unspecified atom stereocenters.